The largest absolute Gasteiger partial charge is 0.482 e. The molecule has 1 aromatic heterocycles. The summed E-state index contributed by atoms with van der Waals surface area (Å²) >= 11 is 1.27. The van der Waals surface area contributed by atoms with E-state index in [1.165, 1.54) is 30.0 Å². The molecule has 1 atom stereocenters. The third kappa shape index (κ3) is 7.05. The molecule has 10 heteroatoms. The molecule has 1 amide bonds. The van der Waals surface area contributed by atoms with Gasteiger partial charge in [-0.1, -0.05) is 63.7 Å². The van der Waals surface area contributed by atoms with Gasteiger partial charge < -0.3 is 14.6 Å². The summed E-state index contributed by atoms with van der Waals surface area (Å²) in [4.78, 5) is 23.0. The number of para-hydroxylation sites is 1. The molecule has 35 heavy (non-hydrogen) atoms. The lowest BCUT2D eigenvalue weighted by molar-refractivity contribution is -0.384. The molecule has 0 radical (unpaired) electrons. The second-order valence-corrected chi connectivity index (χ2v) is 9.88. The van der Waals surface area contributed by atoms with Crippen molar-refractivity contribution in [1.82, 2.24) is 14.8 Å². The number of nitrogens with zero attached hydrogens (tertiary/aromatic N) is 4. The first-order valence-corrected chi connectivity index (χ1v) is 12.5. The van der Waals surface area contributed by atoms with Crippen molar-refractivity contribution < 1.29 is 14.5 Å². The van der Waals surface area contributed by atoms with E-state index in [1.807, 2.05) is 29.7 Å². The lowest BCUT2D eigenvalue weighted by atomic mass is 10.0. The molecule has 1 unspecified atom stereocenters. The quantitative estimate of drug-likeness (QED) is 0.201. The maximum absolute atomic E-state index is 12.5. The van der Waals surface area contributed by atoms with Crippen molar-refractivity contribution in [3.63, 3.8) is 0 Å². The van der Waals surface area contributed by atoms with Crippen LogP contribution in [0.4, 0.5) is 11.4 Å². The van der Waals surface area contributed by atoms with Crippen molar-refractivity contribution in [2.45, 2.75) is 58.3 Å². The third-order valence-electron chi connectivity index (χ3n) is 5.17. The highest BCUT2D eigenvalue weighted by atomic mass is 32.2. The highest BCUT2D eigenvalue weighted by molar-refractivity contribution is 7.99. The molecule has 0 saturated heterocycles. The summed E-state index contributed by atoms with van der Waals surface area (Å²) in [6, 6.07) is 13.8. The standard InChI is InChI=1S/C25H31N5O4S/c1-16(2)14-29-24(18(5)34-22-12-7-6-11-21(22)17(3)4)27-28-25(29)35-15-23(31)26-19-9-8-10-20(13-19)30(32)33/h6-13,16-18H,14-15H2,1-5H3,(H,26,31). The molecule has 0 bridgehead atoms. The maximum atomic E-state index is 12.5. The number of ether oxygens (including phenoxy) is 1. The fourth-order valence-electron chi connectivity index (χ4n) is 3.58. The first-order valence-electron chi connectivity index (χ1n) is 11.5. The number of benzene rings is 2. The van der Waals surface area contributed by atoms with E-state index in [-0.39, 0.29) is 23.5 Å². The Hall–Kier alpha value is -3.40. The Morgan fingerprint density at radius 2 is 1.86 bits per heavy atom. The lowest BCUT2D eigenvalue weighted by Gasteiger charge is -2.20. The van der Waals surface area contributed by atoms with Crippen LogP contribution in [0.25, 0.3) is 0 Å². The number of rotatable bonds is 11. The van der Waals surface area contributed by atoms with Gasteiger partial charge in [0, 0.05) is 24.4 Å². The van der Waals surface area contributed by atoms with Crippen LogP contribution in [0.2, 0.25) is 0 Å². The average Bonchev–Trinajstić information content (AvgIpc) is 3.20. The monoisotopic (exact) mass is 497 g/mol. The predicted octanol–water partition coefficient (Wildman–Crippen LogP) is 5.84. The predicted molar refractivity (Wildman–Crippen MR) is 137 cm³/mol. The van der Waals surface area contributed by atoms with E-state index in [2.05, 4.69) is 49.3 Å². The number of hydrogen-bond acceptors (Lipinski definition) is 7. The zero-order valence-corrected chi connectivity index (χ0v) is 21.4. The van der Waals surface area contributed by atoms with Crippen LogP contribution < -0.4 is 10.1 Å². The summed E-state index contributed by atoms with van der Waals surface area (Å²) in [5, 5.41) is 23.0. The number of nitro groups is 1. The highest BCUT2D eigenvalue weighted by Gasteiger charge is 2.22. The number of nitro benzene ring substituents is 1. The Labute approximate surface area is 209 Å². The fraction of sp³-hybridized carbons (Fsp3) is 0.400. The Bertz CT molecular complexity index is 1180. The SMILES string of the molecule is CC(C)Cn1c(SCC(=O)Nc2cccc([N+](=O)[O-])c2)nnc1C(C)Oc1ccccc1C(C)C. The van der Waals surface area contributed by atoms with Gasteiger partial charge in [-0.15, -0.1) is 10.2 Å². The minimum atomic E-state index is -0.497. The van der Waals surface area contributed by atoms with Gasteiger partial charge in [0.1, 0.15) is 5.75 Å². The molecule has 0 fully saturated rings. The molecule has 3 rings (SSSR count). The van der Waals surface area contributed by atoms with E-state index < -0.39 is 4.92 Å². The Kier molecular flexibility index (Phi) is 8.86. The van der Waals surface area contributed by atoms with Crippen LogP contribution in [0.3, 0.4) is 0 Å². The molecule has 2 aromatic carbocycles. The van der Waals surface area contributed by atoms with Crippen LogP contribution in [-0.4, -0.2) is 31.3 Å². The second-order valence-electron chi connectivity index (χ2n) is 8.94. The molecule has 0 aliphatic rings. The number of thioether (sulfide) groups is 1. The topological polar surface area (TPSA) is 112 Å². The summed E-state index contributed by atoms with van der Waals surface area (Å²) in [5.74, 6) is 1.97. The molecule has 0 saturated carbocycles. The van der Waals surface area contributed by atoms with Gasteiger partial charge in [-0.3, -0.25) is 14.9 Å². The average molecular weight is 498 g/mol. The minimum absolute atomic E-state index is 0.0789. The highest BCUT2D eigenvalue weighted by Crippen LogP contribution is 2.31. The van der Waals surface area contributed by atoms with Crippen molar-refractivity contribution in [1.29, 1.82) is 0 Å². The van der Waals surface area contributed by atoms with Crippen molar-refractivity contribution in [2.75, 3.05) is 11.1 Å². The summed E-state index contributed by atoms with van der Waals surface area (Å²) in [5.41, 5.74) is 1.42. The molecular weight excluding hydrogens is 466 g/mol. The summed E-state index contributed by atoms with van der Waals surface area (Å²) in [6.07, 6.45) is -0.339. The van der Waals surface area contributed by atoms with E-state index in [4.69, 9.17) is 4.74 Å². The number of non-ortho nitro benzene ring substituents is 1. The van der Waals surface area contributed by atoms with Crippen LogP contribution in [0.1, 0.15) is 58.0 Å². The van der Waals surface area contributed by atoms with Gasteiger partial charge in [-0.2, -0.15) is 0 Å². The molecule has 9 nitrogen and oxygen atoms in total. The zero-order chi connectivity index (χ0) is 25.5. The Balaban J connectivity index is 1.73. The third-order valence-corrected chi connectivity index (χ3v) is 6.14. The van der Waals surface area contributed by atoms with Crippen LogP contribution in [0.5, 0.6) is 5.75 Å². The lowest BCUT2D eigenvalue weighted by Crippen LogP contribution is -2.17. The normalized spacial score (nSPS) is 12.1. The fourth-order valence-corrected chi connectivity index (χ4v) is 4.33. The van der Waals surface area contributed by atoms with E-state index in [0.717, 1.165) is 11.3 Å². The molecule has 0 aliphatic heterocycles. The van der Waals surface area contributed by atoms with E-state index >= 15 is 0 Å². The molecule has 1 heterocycles. The number of carbonyl (C=O) groups excluding carboxylic acids is 1. The van der Waals surface area contributed by atoms with E-state index in [9.17, 15) is 14.9 Å². The zero-order valence-electron chi connectivity index (χ0n) is 20.6. The van der Waals surface area contributed by atoms with Crippen molar-refractivity contribution in [2.24, 2.45) is 5.92 Å². The van der Waals surface area contributed by atoms with Crippen LogP contribution in [0, 0.1) is 16.0 Å². The summed E-state index contributed by atoms with van der Waals surface area (Å²) < 4.78 is 8.30. The number of hydrogen-bond donors (Lipinski definition) is 1. The molecule has 0 aliphatic carbocycles. The number of amides is 1. The molecular formula is C25H31N5O4S. The van der Waals surface area contributed by atoms with Crippen molar-refractivity contribution >= 4 is 29.0 Å². The van der Waals surface area contributed by atoms with Gasteiger partial charge in [-0.05, 0) is 36.5 Å². The number of carbonyl (C=O) groups is 1. The van der Waals surface area contributed by atoms with Crippen LogP contribution >= 0.6 is 11.8 Å². The Morgan fingerprint density at radius 3 is 2.54 bits per heavy atom. The van der Waals surface area contributed by atoms with E-state index in [0.29, 0.717) is 35.0 Å². The van der Waals surface area contributed by atoms with Gasteiger partial charge >= 0.3 is 0 Å². The summed E-state index contributed by atoms with van der Waals surface area (Å²) in [7, 11) is 0. The number of aromatic nitrogens is 3. The van der Waals surface area contributed by atoms with Gasteiger partial charge in [-0.25, -0.2) is 0 Å². The van der Waals surface area contributed by atoms with Gasteiger partial charge in [0.2, 0.25) is 5.91 Å². The Morgan fingerprint density at radius 1 is 1.11 bits per heavy atom. The van der Waals surface area contributed by atoms with Gasteiger partial charge in [0.05, 0.1) is 10.7 Å². The first-order chi connectivity index (χ1) is 16.7. The number of nitrogens with one attached hydrogen (secondary N) is 1. The minimum Gasteiger partial charge on any atom is -0.482 e. The summed E-state index contributed by atoms with van der Waals surface area (Å²) in [6.45, 7) is 11.1. The smallest absolute Gasteiger partial charge is 0.271 e. The maximum Gasteiger partial charge on any atom is 0.271 e. The first kappa shape index (κ1) is 26.2. The van der Waals surface area contributed by atoms with Crippen LogP contribution in [-0.2, 0) is 11.3 Å². The molecule has 3 aromatic rings. The molecule has 1 N–H and O–H groups in total. The van der Waals surface area contributed by atoms with Gasteiger partial charge in [0.25, 0.3) is 5.69 Å². The molecule has 186 valence electrons. The van der Waals surface area contributed by atoms with E-state index in [1.54, 1.807) is 6.07 Å². The van der Waals surface area contributed by atoms with Crippen molar-refractivity contribution in [3.05, 3.63) is 70.0 Å². The van der Waals surface area contributed by atoms with Gasteiger partial charge in [0.15, 0.2) is 17.1 Å². The number of anilines is 1. The second kappa shape index (κ2) is 11.8. The van der Waals surface area contributed by atoms with Crippen molar-refractivity contribution in [3.8, 4) is 5.75 Å². The van der Waals surface area contributed by atoms with Crippen LogP contribution in [0.15, 0.2) is 53.7 Å². The molecule has 0 spiro atoms.